The molecule has 0 spiro atoms. The minimum Gasteiger partial charge on any atom is -0.478 e. The fraction of sp³-hybridized carbons (Fsp3) is 0.357. The fourth-order valence-corrected chi connectivity index (χ4v) is 1.28. The molecule has 5 heteroatoms. The molecule has 0 aliphatic carbocycles. The summed E-state index contributed by atoms with van der Waals surface area (Å²) in [5, 5.41) is 17.1. The molecule has 0 aliphatic rings. The summed E-state index contributed by atoms with van der Waals surface area (Å²) in [5.74, 6) is -2.15. The molecule has 0 atom stereocenters. The first-order valence-corrected chi connectivity index (χ1v) is 5.95. The molecule has 0 aliphatic heterocycles. The van der Waals surface area contributed by atoms with E-state index in [2.05, 4.69) is 6.92 Å². The fourth-order valence-electron chi connectivity index (χ4n) is 1.28. The molecule has 0 unspecified atom stereocenters. The van der Waals surface area contributed by atoms with E-state index in [0.717, 1.165) is 19.3 Å². The average Bonchev–Trinajstić information content (AvgIpc) is 2.36. The standard InChI is InChI=1S/C8H6O4.C6H12O/c9-7(10)5-3-1-2-4-6(5)8(11)12;1-3-4-5-6(2)7/h1-4H,(H,9,10)(H,11,12);3-5H2,1-2H3. The van der Waals surface area contributed by atoms with E-state index in [1.165, 1.54) is 24.3 Å². The lowest BCUT2D eigenvalue weighted by molar-refractivity contribution is -0.117. The van der Waals surface area contributed by atoms with Gasteiger partial charge in [0.05, 0.1) is 11.1 Å². The third kappa shape index (κ3) is 6.98. The summed E-state index contributed by atoms with van der Waals surface area (Å²) >= 11 is 0. The SMILES string of the molecule is CCCCC(C)=O.O=C(O)c1ccccc1C(=O)O. The molecule has 0 radical (unpaired) electrons. The second kappa shape index (κ2) is 8.85. The van der Waals surface area contributed by atoms with Gasteiger partial charge in [0.15, 0.2) is 0 Å². The van der Waals surface area contributed by atoms with E-state index in [1.54, 1.807) is 6.92 Å². The quantitative estimate of drug-likeness (QED) is 0.855. The van der Waals surface area contributed by atoms with Crippen molar-refractivity contribution in [3.63, 3.8) is 0 Å². The summed E-state index contributed by atoms with van der Waals surface area (Å²) in [7, 11) is 0. The van der Waals surface area contributed by atoms with E-state index in [9.17, 15) is 14.4 Å². The molecule has 0 aromatic heterocycles. The Balaban J connectivity index is 0.000000399. The van der Waals surface area contributed by atoms with Crippen LogP contribution in [-0.4, -0.2) is 27.9 Å². The predicted molar refractivity (Wildman–Crippen MR) is 70.6 cm³/mol. The molecule has 0 saturated carbocycles. The highest BCUT2D eigenvalue weighted by molar-refractivity contribution is 6.01. The molecule has 0 fully saturated rings. The molecule has 1 aromatic carbocycles. The lowest BCUT2D eigenvalue weighted by Gasteiger charge is -1.98. The number of carbonyl (C=O) groups excluding carboxylic acids is 1. The van der Waals surface area contributed by atoms with Gasteiger partial charge in [0.1, 0.15) is 5.78 Å². The highest BCUT2D eigenvalue weighted by atomic mass is 16.4. The summed E-state index contributed by atoms with van der Waals surface area (Å²) in [6, 6.07) is 5.48. The number of carbonyl (C=O) groups is 3. The zero-order chi connectivity index (χ0) is 14.8. The molecule has 0 bridgehead atoms. The molecule has 5 nitrogen and oxygen atoms in total. The van der Waals surface area contributed by atoms with E-state index in [4.69, 9.17) is 10.2 Å². The summed E-state index contributed by atoms with van der Waals surface area (Å²) < 4.78 is 0. The van der Waals surface area contributed by atoms with E-state index >= 15 is 0 Å². The van der Waals surface area contributed by atoms with Gasteiger partial charge >= 0.3 is 11.9 Å². The summed E-state index contributed by atoms with van der Waals surface area (Å²) in [4.78, 5) is 31.1. The number of ketones is 1. The van der Waals surface area contributed by atoms with Crippen LogP contribution in [0.15, 0.2) is 24.3 Å². The van der Waals surface area contributed by atoms with Crippen LogP contribution in [0, 0.1) is 0 Å². The van der Waals surface area contributed by atoms with Gasteiger partial charge in [-0.25, -0.2) is 9.59 Å². The smallest absolute Gasteiger partial charge is 0.336 e. The minimum absolute atomic E-state index is 0.190. The largest absolute Gasteiger partial charge is 0.478 e. The highest BCUT2D eigenvalue weighted by Crippen LogP contribution is 2.07. The lowest BCUT2D eigenvalue weighted by atomic mass is 10.1. The van der Waals surface area contributed by atoms with E-state index in [0.29, 0.717) is 5.78 Å². The van der Waals surface area contributed by atoms with E-state index < -0.39 is 11.9 Å². The number of Topliss-reactive ketones (excluding diaryl/α,β-unsaturated/α-hetero) is 1. The Bertz CT molecular complexity index is 418. The molecule has 0 saturated heterocycles. The topological polar surface area (TPSA) is 91.7 Å². The zero-order valence-corrected chi connectivity index (χ0v) is 11.0. The predicted octanol–water partition coefficient (Wildman–Crippen LogP) is 2.85. The molecule has 104 valence electrons. The maximum absolute atomic E-state index is 10.5. The van der Waals surface area contributed by atoms with Gasteiger partial charge < -0.3 is 15.0 Å². The number of carboxylic acid groups (broad SMARTS) is 2. The highest BCUT2D eigenvalue weighted by Gasteiger charge is 2.13. The van der Waals surface area contributed by atoms with Crippen LogP contribution in [0.3, 0.4) is 0 Å². The van der Waals surface area contributed by atoms with Crippen LogP contribution in [0.2, 0.25) is 0 Å². The van der Waals surface area contributed by atoms with Gasteiger partial charge in [-0.15, -0.1) is 0 Å². The van der Waals surface area contributed by atoms with Crippen LogP contribution in [0.1, 0.15) is 53.8 Å². The molecule has 2 N–H and O–H groups in total. The number of rotatable bonds is 5. The third-order valence-corrected chi connectivity index (χ3v) is 2.27. The van der Waals surface area contributed by atoms with Crippen molar-refractivity contribution >= 4 is 17.7 Å². The van der Waals surface area contributed by atoms with Crippen molar-refractivity contribution in [2.75, 3.05) is 0 Å². The minimum atomic E-state index is -1.23. The van der Waals surface area contributed by atoms with Gasteiger partial charge in [-0.1, -0.05) is 25.5 Å². The van der Waals surface area contributed by atoms with Crippen molar-refractivity contribution in [3.05, 3.63) is 35.4 Å². The van der Waals surface area contributed by atoms with Gasteiger partial charge in [0.25, 0.3) is 0 Å². The van der Waals surface area contributed by atoms with Crippen molar-refractivity contribution in [1.29, 1.82) is 0 Å². The van der Waals surface area contributed by atoms with Crippen molar-refractivity contribution < 1.29 is 24.6 Å². The number of benzene rings is 1. The number of carboxylic acids is 2. The Hall–Kier alpha value is -2.17. The average molecular weight is 266 g/mol. The number of unbranched alkanes of at least 4 members (excludes halogenated alkanes) is 1. The van der Waals surface area contributed by atoms with Crippen LogP contribution < -0.4 is 0 Å². The number of hydrogen-bond acceptors (Lipinski definition) is 3. The van der Waals surface area contributed by atoms with E-state index in [-0.39, 0.29) is 11.1 Å². The van der Waals surface area contributed by atoms with Crippen LogP contribution in [0.5, 0.6) is 0 Å². The molecule has 1 rings (SSSR count). The Kier molecular flexibility index (Phi) is 7.84. The molecule has 1 aromatic rings. The Morgan fingerprint density at radius 1 is 1.00 bits per heavy atom. The monoisotopic (exact) mass is 266 g/mol. The number of hydrogen-bond donors (Lipinski definition) is 2. The molecular weight excluding hydrogens is 248 g/mol. The normalized spacial score (nSPS) is 9.16. The first kappa shape index (κ1) is 16.8. The van der Waals surface area contributed by atoms with Crippen LogP contribution in [0.4, 0.5) is 0 Å². The Labute approximate surface area is 111 Å². The second-order valence-corrected chi connectivity index (χ2v) is 3.96. The zero-order valence-electron chi connectivity index (χ0n) is 11.0. The Morgan fingerprint density at radius 3 is 1.63 bits per heavy atom. The van der Waals surface area contributed by atoms with Crippen molar-refractivity contribution in [1.82, 2.24) is 0 Å². The second-order valence-electron chi connectivity index (χ2n) is 3.96. The maximum Gasteiger partial charge on any atom is 0.336 e. The van der Waals surface area contributed by atoms with Gasteiger partial charge in [0, 0.05) is 6.42 Å². The third-order valence-electron chi connectivity index (χ3n) is 2.27. The van der Waals surface area contributed by atoms with Crippen LogP contribution >= 0.6 is 0 Å². The number of aromatic carboxylic acids is 2. The van der Waals surface area contributed by atoms with Crippen molar-refractivity contribution in [2.24, 2.45) is 0 Å². The molecular formula is C14H18O5. The lowest BCUT2D eigenvalue weighted by Crippen LogP contribution is -2.06. The molecule has 0 heterocycles. The van der Waals surface area contributed by atoms with Crippen molar-refractivity contribution in [2.45, 2.75) is 33.1 Å². The Morgan fingerprint density at radius 2 is 1.42 bits per heavy atom. The molecule has 19 heavy (non-hydrogen) atoms. The van der Waals surface area contributed by atoms with Crippen LogP contribution in [0.25, 0.3) is 0 Å². The van der Waals surface area contributed by atoms with Gasteiger partial charge in [-0.05, 0) is 25.5 Å². The van der Waals surface area contributed by atoms with Gasteiger partial charge in [0.2, 0.25) is 0 Å². The first-order chi connectivity index (χ1) is 8.90. The van der Waals surface area contributed by atoms with Gasteiger partial charge in [-0.2, -0.15) is 0 Å². The summed E-state index contributed by atoms with van der Waals surface area (Å²) in [5.41, 5.74) is -0.380. The summed E-state index contributed by atoms with van der Waals surface area (Å²) in [6.45, 7) is 3.72. The van der Waals surface area contributed by atoms with Gasteiger partial charge in [-0.3, -0.25) is 0 Å². The van der Waals surface area contributed by atoms with E-state index in [1.807, 2.05) is 0 Å². The first-order valence-electron chi connectivity index (χ1n) is 5.95. The maximum atomic E-state index is 10.5. The molecule has 0 amide bonds. The summed E-state index contributed by atoms with van der Waals surface area (Å²) in [6.07, 6.45) is 2.94. The van der Waals surface area contributed by atoms with Crippen molar-refractivity contribution in [3.8, 4) is 0 Å². The van der Waals surface area contributed by atoms with Crippen LogP contribution in [-0.2, 0) is 4.79 Å².